The van der Waals surface area contributed by atoms with Crippen molar-refractivity contribution in [3.63, 3.8) is 0 Å². The molecule has 0 spiro atoms. The highest BCUT2D eigenvalue weighted by molar-refractivity contribution is 5.69. The molecule has 6 heteroatoms. The molecular formula is C15H28N2O4. The summed E-state index contributed by atoms with van der Waals surface area (Å²) in [6.07, 6.45) is 2.29. The smallest absolute Gasteiger partial charge is 0.410 e. The number of hydrogen-bond donors (Lipinski definition) is 2. The number of piperidine rings is 1. The first-order valence-corrected chi connectivity index (χ1v) is 7.84. The van der Waals surface area contributed by atoms with Crippen LogP contribution in [0.3, 0.4) is 0 Å². The van der Waals surface area contributed by atoms with Gasteiger partial charge in [0.2, 0.25) is 0 Å². The Kier molecular flexibility index (Phi) is 5.46. The van der Waals surface area contributed by atoms with E-state index in [-0.39, 0.29) is 24.8 Å². The fourth-order valence-corrected chi connectivity index (χ4v) is 3.08. The molecule has 2 fully saturated rings. The molecular weight excluding hydrogens is 272 g/mol. The molecule has 0 aromatic heterocycles. The summed E-state index contributed by atoms with van der Waals surface area (Å²) < 4.78 is 11.1. The maximum Gasteiger partial charge on any atom is 0.410 e. The lowest BCUT2D eigenvalue weighted by atomic mass is 9.90. The Labute approximate surface area is 126 Å². The maximum absolute atomic E-state index is 12.4. The number of morpholine rings is 1. The van der Waals surface area contributed by atoms with Crippen LogP contribution < -0.4 is 5.32 Å². The average molecular weight is 300 g/mol. The lowest BCUT2D eigenvalue weighted by Crippen LogP contribution is -2.62. The third-order valence-electron chi connectivity index (χ3n) is 3.89. The molecule has 2 rings (SSSR count). The van der Waals surface area contributed by atoms with E-state index in [1.807, 2.05) is 25.7 Å². The van der Waals surface area contributed by atoms with Crippen LogP contribution in [0.5, 0.6) is 0 Å². The van der Waals surface area contributed by atoms with Crippen LogP contribution in [-0.2, 0) is 9.47 Å². The number of carbonyl (C=O) groups excluding carboxylic acids is 1. The quantitative estimate of drug-likeness (QED) is 0.762. The zero-order valence-electron chi connectivity index (χ0n) is 13.3. The molecule has 2 heterocycles. The van der Waals surface area contributed by atoms with E-state index in [1.165, 1.54) is 0 Å². The molecule has 21 heavy (non-hydrogen) atoms. The number of rotatable bonds is 4. The van der Waals surface area contributed by atoms with E-state index < -0.39 is 5.60 Å². The fourth-order valence-electron chi connectivity index (χ4n) is 3.08. The van der Waals surface area contributed by atoms with Gasteiger partial charge in [0.1, 0.15) is 5.60 Å². The molecule has 0 aromatic carbocycles. The third kappa shape index (κ3) is 4.56. The van der Waals surface area contributed by atoms with E-state index >= 15 is 0 Å². The highest BCUT2D eigenvalue weighted by atomic mass is 16.6. The predicted molar refractivity (Wildman–Crippen MR) is 79.2 cm³/mol. The van der Waals surface area contributed by atoms with Crippen molar-refractivity contribution in [3.8, 4) is 0 Å². The van der Waals surface area contributed by atoms with E-state index in [2.05, 4.69) is 5.32 Å². The van der Waals surface area contributed by atoms with Gasteiger partial charge >= 0.3 is 6.09 Å². The minimum absolute atomic E-state index is 0.0824. The molecule has 0 aliphatic carbocycles. The molecule has 1 amide bonds. The normalized spacial score (nSPS) is 29.3. The van der Waals surface area contributed by atoms with Crippen LogP contribution in [0.1, 0.15) is 40.0 Å². The number of aliphatic hydroxyl groups excluding tert-OH is 1. The molecule has 0 radical (unpaired) electrons. The Morgan fingerprint density at radius 2 is 1.95 bits per heavy atom. The zero-order chi connectivity index (χ0) is 15.5. The molecule has 2 aliphatic rings. The lowest BCUT2D eigenvalue weighted by Gasteiger charge is -2.48. The number of ether oxygens (including phenoxy) is 2. The summed E-state index contributed by atoms with van der Waals surface area (Å²) in [6, 6.07) is 0.548. The Bertz CT molecular complexity index is 342. The Hall–Kier alpha value is -0.850. The first-order chi connectivity index (χ1) is 9.90. The first-order valence-electron chi connectivity index (χ1n) is 7.84. The molecule has 6 nitrogen and oxygen atoms in total. The van der Waals surface area contributed by atoms with Crippen LogP contribution in [0, 0.1) is 0 Å². The number of nitrogens with zero attached hydrogens (tertiary/aromatic N) is 1. The largest absolute Gasteiger partial charge is 0.444 e. The monoisotopic (exact) mass is 300 g/mol. The van der Waals surface area contributed by atoms with Gasteiger partial charge in [-0.2, -0.15) is 0 Å². The Balaban J connectivity index is 1.94. The molecule has 2 bridgehead atoms. The van der Waals surface area contributed by atoms with Gasteiger partial charge in [-0.25, -0.2) is 4.79 Å². The van der Waals surface area contributed by atoms with Gasteiger partial charge in [0, 0.05) is 12.6 Å². The van der Waals surface area contributed by atoms with Crippen molar-refractivity contribution in [2.45, 2.75) is 63.8 Å². The summed E-state index contributed by atoms with van der Waals surface area (Å²) in [5.74, 6) is 0. The Morgan fingerprint density at radius 3 is 2.48 bits per heavy atom. The Morgan fingerprint density at radius 1 is 1.33 bits per heavy atom. The number of fused-ring (bicyclic) bond motifs is 2. The number of carbonyl (C=O) groups is 1. The van der Waals surface area contributed by atoms with E-state index in [0.717, 1.165) is 25.8 Å². The van der Waals surface area contributed by atoms with E-state index in [4.69, 9.17) is 14.6 Å². The molecule has 0 aromatic rings. The summed E-state index contributed by atoms with van der Waals surface area (Å²) in [5.41, 5.74) is -0.470. The van der Waals surface area contributed by atoms with Gasteiger partial charge in [-0.15, -0.1) is 0 Å². The topological polar surface area (TPSA) is 71.0 Å². The van der Waals surface area contributed by atoms with Gasteiger partial charge < -0.3 is 19.9 Å². The third-order valence-corrected chi connectivity index (χ3v) is 3.89. The standard InChI is InChI=1S/C15H28N2O4/c1-15(2,3)21-14(19)17-12-7-11(16-5-4-6-18)8-13(17)10-20-9-12/h11-13,16,18H,4-10H2,1-3H3/t11-,12+,13-. The van der Waals surface area contributed by atoms with Gasteiger partial charge in [-0.1, -0.05) is 0 Å². The van der Waals surface area contributed by atoms with Crippen molar-refractivity contribution in [3.05, 3.63) is 0 Å². The molecule has 0 saturated carbocycles. The summed E-state index contributed by atoms with van der Waals surface area (Å²) in [7, 11) is 0. The minimum Gasteiger partial charge on any atom is -0.444 e. The number of nitrogens with one attached hydrogen (secondary N) is 1. The molecule has 2 aliphatic heterocycles. The van der Waals surface area contributed by atoms with Gasteiger partial charge in [0.25, 0.3) is 0 Å². The van der Waals surface area contributed by atoms with Crippen LogP contribution in [-0.4, -0.2) is 66.2 Å². The van der Waals surface area contributed by atoms with Crippen LogP contribution in [0.2, 0.25) is 0 Å². The van der Waals surface area contributed by atoms with Crippen LogP contribution in [0.15, 0.2) is 0 Å². The summed E-state index contributed by atoms with van der Waals surface area (Å²) >= 11 is 0. The molecule has 0 unspecified atom stereocenters. The second kappa shape index (κ2) is 6.94. The second-order valence-electron chi connectivity index (χ2n) is 6.93. The van der Waals surface area contributed by atoms with Crippen molar-refractivity contribution >= 4 is 6.09 Å². The number of amides is 1. The maximum atomic E-state index is 12.4. The number of hydrogen-bond acceptors (Lipinski definition) is 5. The minimum atomic E-state index is -0.470. The summed E-state index contributed by atoms with van der Waals surface area (Å²) in [4.78, 5) is 14.3. The second-order valence-corrected chi connectivity index (χ2v) is 6.93. The van der Waals surface area contributed by atoms with Crippen LogP contribution >= 0.6 is 0 Å². The van der Waals surface area contributed by atoms with Crippen molar-refractivity contribution in [2.24, 2.45) is 0 Å². The van der Waals surface area contributed by atoms with Crippen LogP contribution in [0.25, 0.3) is 0 Å². The van der Waals surface area contributed by atoms with Gasteiger partial charge in [-0.3, -0.25) is 4.90 Å². The van der Waals surface area contributed by atoms with Gasteiger partial charge in [0.15, 0.2) is 0 Å². The molecule has 122 valence electrons. The average Bonchev–Trinajstić information content (AvgIpc) is 2.35. The van der Waals surface area contributed by atoms with Gasteiger partial charge in [0.05, 0.1) is 25.3 Å². The van der Waals surface area contributed by atoms with E-state index in [9.17, 15) is 4.79 Å². The lowest BCUT2D eigenvalue weighted by molar-refractivity contribution is -0.0842. The number of aliphatic hydroxyl groups is 1. The fraction of sp³-hybridized carbons (Fsp3) is 0.933. The van der Waals surface area contributed by atoms with Crippen molar-refractivity contribution in [2.75, 3.05) is 26.4 Å². The highest BCUT2D eigenvalue weighted by Crippen LogP contribution is 2.29. The van der Waals surface area contributed by atoms with Crippen molar-refractivity contribution in [1.29, 1.82) is 0 Å². The van der Waals surface area contributed by atoms with E-state index in [0.29, 0.717) is 19.3 Å². The zero-order valence-corrected chi connectivity index (χ0v) is 13.3. The molecule has 2 N–H and O–H groups in total. The van der Waals surface area contributed by atoms with Crippen molar-refractivity contribution in [1.82, 2.24) is 10.2 Å². The van der Waals surface area contributed by atoms with Crippen LogP contribution in [0.4, 0.5) is 4.79 Å². The highest BCUT2D eigenvalue weighted by Gasteiger charge is 2.43. The summed E-state index contributed by atoms with van der Waals surface area (Å²) in [6.45, 7) is 7.84. The SMILES string of the molecule is CC(C)(C)OC(=O)N1[C@@H]2COC[C@H]1C[C@H](NCCCO)C2. The predicted octanol–water partition coefficient (Wildman–Crippen LogP) is 1.13. The molecule has 3 atom stereocenters. The summed E-state index contributed by atoms with van der Waals surface area (Å²) in [5, 5.41) is 12.3. The first kappa shape index (κ1) is 16.5. The van der Waals surface area contributed by atoms with Crippen molar-refractivity contribution < 1.29 is 19.4 Å². The van der Waals surface area contributed by atoms with Gasteiger partial charge in [-0.05, 0) is 46.6 Å². The van der Waals surface area contributed by atoms with E-state index in [1.54, 1.807) is 0 Å². The molecule has 2 saturated heterocycles.